The standard InChI is InChI=1S/C11H13BrN4S/c1-7(13)4-14-11-15-5-8(6-16-11)9-2-3-10(12)17-9/h2-3,5-7H,4,13H2,1H3,(H,14,15,16). The Bertz CT molecular complexity index is 480. The molecule has 1 unspecified atom stereocenters. The van der Waals surface area contributed by atoms with Crippen molar-refractivity contribution in [2.45, 2.75) is 13.0 Å². The van der Waals surface area contributed by atoms with Gasteiger partial charge in [-0.05, 0) is 35.0 Å². The van der Waals surface area contributed by atoms with Crippen molar-refractivity contribution >= 4 is 33.2 Å². The van der Waals surface area contributed by atoms with E-state index in [1.807, 2.05) is 31.5 Å². The lowest BCUT2D eigenvalue weighted by atomic mass is 10.3. The molecule has 0 radical (unpaired) electrons. The highest BCUT2D eigenvalue weighted by atomic mass is 79.9. The van der Waals surface area contributed by atoms with Crippen LogP contribution in [0.1, 0.15) is 6.92 Å². The van der Waals surface area contributed by atoms with Gasteiger partial charge in [0.15, 0.2) is 0 Å². The van der Waals surface area contributed by atoms with Crippen LogP contribution in [0.15, 0.2) is 28.3 Å². The molecule has 2 aromatic rings. The Labute approximate surface area is 112 Å². The second-order valence-electron chi connectivity index (χ2n) is 3.76. The van der Waals surface area contributed by atoms with Crippen LogP contribution in [0, 0.1) is 0 Å². The number of halogens is 1. The topological polar surface area (TPSA) is 63.8 Å². The van der Waals surface area contributed by atoms with Crippen molar-refractivity contribution in [2.75, 3.05) is 11.9 Å². The van der Waals surface area contributed by atoms with Gasteiger partial charge < -0.3 is 11.1 Å². The van der Waals surface area contributed by atoms with Crippen LogP contribution in [0.5, 0.6) is 0 Å². The molecular weight excluding hydrogens is 300 g/mol. The lowest BCUT2D eigenvalue weighted by Gasteiger charge is -2.07. The molecule has 1 atom stereocenters. The van der Waals surface area contributed by atoms with E-state index in [9.17, 15) is 0 Å². The zero-order chi connectivity index (χ0) is 12.3. The van der Waals surface area contributed by atoms with Crippen LogP contribution in [0.4, 0.5) is 5.95 Å². The van der Waals surface area contributed by atoms with Gasteiger partial charge in [0.05, 0.1) is 3.79 Å². The van der Waals surface area contributed by atoms with Crippen molar-refractivity contribution in [3.8, 4) is 10.4 Å². The fourth-order valence-electron chi connectivity index (χ4n) is 1.27. The maximum absolute atomic E-state index is 5.64. The molecular formula is C11H13BrN4S. The molecule has 3 N–H and O–H groups in total. The summed E-state index contributed by atoms with van der Waals surface area (Å²) in [5.41, 5.74) is 6.66. The van der Waals surface area contributed by atoms with Crippen LogP contribution < -0.4 is 11.1 Å². The molecule has 0 bridgehead atoms. The number of hydrogen-bond donors (Lipinski definition) is 2. The second kappa shape index (κ2) is 5.57. The van der Waals surface area contributed by atoms with Crippen LogP contribution in [0.3, 0.4) is 0 Å². The monoisotopic (exact) mass is 312 g/mol. The van der Waals surface area contributed by atoms with Gasteiger partial charge in [0.2, 0.25) is 5.95 Å². The quantitative estimate of drug-likeness (QED) is 0.911. The third-order valence-electron chi connectivity index (χ3n) is 2.09. The first-order valence-corrected chi connectivity index (χ1v) is 6.83. The molecule has 0 saturated heterocycles. The third-order valence-corrected chi connectivity index (χ3v) is 3.76. The average Bonchev–Trinajstić information content (AvgIpc) is 2.74. The Morgan fingerprint density at radius 1 is 1.41 bits per heavy atom. The summed E-state index contributed by atoms with van der Waals surface area (Å²) < 4.78 is 1.10. The molecule has 0 amide bonds. The summed E-state index contributed by atoms with van der Waals surface area (Å²) in [6.45, 7) is 2.61. The summed E-state index contributed by atoms with van der Waals surface area (Å²) in [6.07, 6.45) is 3.63. The number of aromatic nitrogens is 2. The van der Waals surface area contributed by atoms with Gasteiger partial charge in [-0.2, -0.15) is 0 Å². The number of anilines is 1. The number of hydrogen-bond acceptors (Lipinski definition) is 5. The van der Waals surface area contributed by atoms with Crippen LogP contribution >= 0.6 is 27.3 Å². The number of nitrogens with one attached hydrogen (secondary N) is 1. The fraction of sp³-hybridized carbons (Fsp3) is 0.273. The summed E-state index contributed by atoms with van der Waals surface area (Å²) in [5.74, 6) is 0.613. The van der Waals surface area contributed by atoms with Crippen molar-refractivity contribution in [3.63, 3.8) is 0 Å². The predicted molar refractivity (Wildman–Crippen MR) is 75.2 cm³/mol. The Hall–Kier alpha value is -0.980. The molecule has 4 nitrogen and oxygen atoms in total. The molecule has 0 aliphatic rings. The molecule has 2 heterocycles. The van der Waals surface area contributed by atoms with Crippen molar-refractivity contribution in [1.82, 2.24) is 9.97 Å². The Morgan fingerprint density at radius 2 is 2.12 bits per heavy atom. The van der Waals surface area contributed by atoms with E-state index >= 15 is 0 Å². The Morgan fingerprint density at radius 3 is 2.65 bits per heavy atom. The van der Waals surface area contributed by atoms with Crippen LogP contribution in [-0.2, 0) is 0 Å². The molecule has 2 aromatic heterocycles. The smallest absolute Gasteiger partial charge is 0.222 e. The third kappa shape index (κ3) is 3.49. The van der Waals surface area contributed by atoms with E-state index < -0.39 is 0 Å². The van der Waals surface area contributed by atoms with Crippen LogP contribution in [0.25, 0.3) is 10.4 Å². The molecule has 17 heavy (non-hydrogen) atoms. The molecule has 90 valence electrons. The lowest BCUT2D eigenvalue weighted by molar-refractivity contribution is 0.773. The van der Waals surface area contributed by atoms with Gasteiger partial charge in [0.25, 0.3) is 0 Å². The highest BCUT2D eigenvalue weighted by Gasteiger charge is 2.03. The largest absolute Gasteiger partial charge is 0.353 e. The van der Waals surface area contributed by atoms with Crippen molar-refractivity contribution < 1.29 is 0 Å². The lowest BCUT2D eigenvalue weighted by Crippen LogP contribution is -2.25. The molecule has 0 aliphatic heterocycles. The number of nitrogens with two attached hydrogens (primary N) is 1. The van der Waals surface area contributed by atoms with Crippen molar-refractivity contribution in [2.24, 2.45) is 5.73 Å². The van der Waals surface area contributed by atoms with E-state index in [-0.39, 0.29) is 6.04 Å². The van der Waals surface area contributed by atoms with E-state index in [0.29, 0.717) is 12.5 Å². The van der Waals surface area contributed by atoms with Gasteiger partial charge in [0, 0.05) is 35.4 Å². The zero-order valence-electron chi connectivity index (χ0n) is 9.35. The normalized spacial score (nSPS) is 12.4. The minimum Gasteiger partial charge on any atom is -0.353 e. The number of nitrogens with zero attached hydrogens (tertiary/aromatic N) is 2. The summed E-state index contributed by atoms with van der Waals surface area (Å²) in [6, 6.07) is 4.15. The highest BCUT2D eigenvalue weighted by molar-refractivity contribution is 9.11. The van der Waals surface area contributed by atoms with E-state index in [2.05, 4.69) is 31.2 Å². The predicted octanol–water partition coefficient (Wildman–Crippen LogP) is 2.73. The Kier molecular flexibility index (Phi) is 4.09. The minimum atomic E-state index is 0.0894. The van der Waals surface area contributed by atoms with Crippen LogP contribution in [0.2, 0.25) is 0 Å². The molecule has 6 heteroatoms. The van der Waals surface area contributed by atoms with Gasteiger partial charge in [-0.25, -0.2) is 9.97 Å². The molecule has 0 aromatic carbocycles. The highest BCUT2D eigenvalue weighted by Crippen LogP contribution is 2.30. The summed E-state index contributed by atoms with van der Waals surface area (Å²) in [4.78, 5) is 9.65. The Balaban J connectivity index is 2.07. The van der Waals surface area contributed by atoms with E-state index in [4.69, 9.17) is 5.73 Å². The van der Waals surface area contributed by atoms with E-state index in [1.165, 1.54) is 0 Å². The summed E-state index contributed by atoms with van der Waals surface area (Å²) in [5, 5.41) is 3.07. The second-order valence-corrected chi connectivity index (χ2v) is 6.22. The van der Waals surface area contributed by atoms with Gasteiger partial charge >= 0.3 is 0 Å². The number of rotatable bonds is 4. The van der Waals surface area contributed by atoms with Gasteiger partial charge in [0.1, 0.15) is 0 Å². The molecule has 0 aliphatic carbocycles. The van der Waals surface area contributed by atoms with E-state index in [1.54, 1.807) is 11.3 Å². The molecule has 0 saturated carbocycles. The fourth-order valence-corrected chi connectivity index (χ4v) is 2.63. The molecule has 0 spiro atoms. The first-order chi connectivity index (χ1) is 8.15. The van der Waals surface area contributed by atoms with Crippen molar-refractivity contribution in [1.29, 1.82) is 0 Å². The maximum atomic E-state index is 5.64. The summed E-state index contributed by atoms with van der Waals surface area (Å²) >= 11 is 5.10. The zero-order valence-corrected chi connectivity index (χ0v) is 11.8. The van der Waals surface area contributed by atoms with Gasteiger partial charge in [-0.1, -0.05) is 0 Å². The molecule has 2 rings (SSSR count). The van der Waals surface area contributed by atoms with Gasteiger partial charge in [-0.15, -0.1) is 11.3 Å². The first kappa shape index (κ1) is 12.5. The van der Waals surface area contributed by atoms with Crippen LogP contribution in [-0.4, -0.2) is 22.6 Å². The maximum Gasteiger partial charge on any atom is 0.222 e. The SMILES string of the molecule is CC(N)CNc1ncc(-c2ccc(Br)s2)cn1. The van der Waals surface area contributed by atoms with Gasteiger partial charge in [-0.3, -0.25) is 0 Å². The molecule has 0 fully saturated rings. The summed E-state index contributed by atoms with van der Waals surface area (Å²) in [7, 11) is 0. The minimum absolute atomic E-state index is 0.0894. The average molecular weight is 313 g/mol. The number of thiophene rings is 1. The van der Waals surface area contributed by atoms with E-state index in [0.717, 1.165) is 14.2 Å². The van der Waals surface area contributed by atoms with Crippen molar-refractivity contribution in [3.05, 3.63) is 28.3 Å². The first-order valence-electron chi connectivity index (χ1n) is 5.22.